The van der Waals surface area contributed by atoms with Crippen molar-refractivity contribution in [3.63, 3.8) is 0 Å². The van der Waals surface area contributed by atoms with Gasteiger partial charge in [-0.2, -0.15) is 0 Å². The van der Waals surface area contributed by atoms with E-state index in [0.29, 0.717) is 5.25 Å². The summed E-state index contributed by atoms with van der Waals surface area (Å²) in [5.74, 6) is -0.427. The average Bonchev–Trinajstić information content (AvgIpc) is 3.15. The number of thioether (sulfide) groups is 1. The van der Waals surface area contributed by atoms with Gasteiger partial charge < -0.3 is 10.2 Å². The second-order valence-electron chi connectivity index (χ2n) is 6.33. The minimum Gasteiger partial charge on any atom is -0.311 e. The molecule has 1 unspecified atom stereocenters. The summed E-state index contributed by atoms with van der Waals surface area (Å²) in [5, 5.41) is 3.16. The molecule has 1 aliphatic rings. The summed E-state index contributed by atoms with van der Waals surface area (Å²) in [5.41, 5.74) is 1.29. The first-order valence-electron chi connectivity index (χ1n) is 8.64. The van der Waals surface area contributed by atoms with Crippen LogP contribution in [0.3, 0.4) is 0 Å². The highest BCUT2D eigenvalue weighted by atomic mass is 32.2. The summed E-state index contributed by atoms with van der Waals surface area (Å²) >= 11 is 1.83. The quantitative estimate of drug-likeness (QED) is 0.699. The molecule has 0 saturated heterocycles. The van der Waals surface area contributed by atoms with Gasteiger partial charge in [0.15, 0.2) is 0 Å². The molecule has 2 aromatic carbocycles. The van der Waals surface area contributed by atoms with Gasteiger partial charge in [0.1, 0.15) is 11.2 Å². The molecule has 1 aliphatic carbocycles. The second kappa shape index (κ2) is 8.39. The Labute approximate surface area is 152 Å². The van der Waals surface area contributed by atoms with Crippen LogP contribution >= 0.6 is 11.8 Å². The number of benzene rings is 2. The fourth-order valence-electron chi connectivity index (χ4n) is 3.09. The van der Waals surface area contributed by atoms with Crippen molar-refractivity contribution in [3.05, 3.63) is 66.0 Å². The highest BCUT2D eigenvalue weighted by Gasteiger charge is 2.27. The predicted octanol–water partition coefficient (Wildman–Crippen LogP) is 5.66. The zero-order chi connectivity index (χ0) is 17.6. The van der Waals surface area contributed by atoms with E-state index in [4.69, 9.17) is 0 Å². The molecule has 1 N–H and O–H groups in total. The molecule has 0 aliphatic heterocycles. The van der Waals surface area contributed by atoms with E-state index in [1.54, 1.807) is 30.1 Å². The predicted molar refractivity (Wildman–Crippen MR) is 102 cm³/mol. The van der Waals surface area contributed by atoms with Crippen LogP contribution in [0.15, 0.2) is 54.6 Å². The summed E-state index contributed by atoms with van der Waals surface area (Å²) in [6.45, 7) is 0. The Hall–Kier alpha value is -2.01. The van der Waals surface area contributed by atoms with Crippen LogP contribution in [0.1, 0.15) is 36.6 Å². The number of nitrogens with zero attached hydrogens (tertiary/aromatic N) is 1. The van der Waals surface area contributed by atoms with Crippen LogP contribution in [-0.2, 0) is 0 Å². The molecule has 0 aromatic heterocycles. The van der Waals surface area contributed by atoms with E-state index in [1.807, 2.05) is 42.1 Å². The summed E-state index contributed by atoms with van der Waals surface area (Å²) < 4.78 is 13.8. The van der Waals surface area contributed by atoms with Gasteiger partial charge in [-0.05, 0) is 30.5 Å². The highest BCUT2D eigenvalue weighted by molar-refractivity contribution is 8.00. The molecule has 2 amide bonds. The molecule has 0 heterocycles. The topological polar surface area (TPSA) is 32.3 Å². The maximum atomic E-state index is 13.8. The molecule has 0 spiro atoms. The molecular formula is C20H23FN2OS. The van der Waals surface area contributed by atoms with Gasteiger partial charge in [-0.3, -0.25) is 0 Å². The molecule has 25 heavy (non-hydrogen) atoms. The van der Waals surface area contributed by atoms with Crippen LogP contribution in [0.5, 0.6) is 0 Å². The van der Waals surface area contributed by atoms with Gasteiger partial charge in [0.25, 0.3) is 0 Å². The number of carbonyl (C=O) groups excluding carboxylic acids is 1. The zero-order valence-corrected chi connectivity index (χ0v) is 15.1. The molecule has 0 radical (unpaired) electrons. The number of anilines is 1. The first kappa shape index (κ1) is 17.8. The van der Waals surface area contributed by atoms with Crippen molar-refractivity contribution in [1.29, 1.82) is 0 Å². The first-order chi connectivity index (χ1) is 12.1. The Bertz CT molecular complexity index is 704. The van der Waals surface area contributed by atoms with Gasteiger partial charge in [-0.15, -0.1) is 11.8 Å². The van der Waals surface area contributed by atoms with E-state index in [2.05, 4.69) is 5.32 Å². The number of para-hydroxylation sites is 1. The van der Waals surface area contributed by atoms with Crippen molar-refractivity contribution >= 4 is 23.5 Å². The lowest BCUT2D eigenvalue weighted by molar-refractivity contribution is 0.219. The summed E-state index contributed by atoms with van der Waals surface area (Å²) in [4.78, 5) is 14.4. The molecule has 1 saturated carbocycles. The Balaban J connectivity index is 1.76. The Morgan fingerprint density at radius 1 is 1.12 bits per heavy atom. The van der Waals surface area contributed by atoms with Crippen LogP contribution in [0.4, 0.5) is 14.9 Å². The number of amides is 2. The lowest BCUT2D eigenvalue weighted by atomic mass is 10.2. The molecular weight excluding hydrogens is 335 g/mol. The van der Waals surface area contributed by atoms with E-state index in [-0.39, 0.29) is 17.1 Å². The zero-order valence-electron chi connectivity index (χ0n) is 14.3. The SMILES string of the molecule is CN(C(=O)Nc1ccccc1F)C(SC1CCCC1)c1ccccc1. The maximum Gasteiger partial charge on any atom is 0.322 e. The monoisotopic (exact) mass is 358 g/mol. The summed E-state index contributed by atoms with van der Waals surface area (Å²) in [6.07, 6.45) is 4.89. The largest absolute Gasteiger partial charge is 0.322 e. The van der Waals surface area contributed by atoms with Crippen LogP contribution < -0.4 is 5.32 Å². The van der Waals surface area contributed by atoms with Crippen molar-refractivity contribution in [2.75, 3.05) is 12.4 Å². The van der Waals surface area contributed by atoms with Crippen LogP contribution in [0.2, 0.25) is 0 Å². The minimum absolute atomic E-state index is 0.0870. The lowest BCUT2D eigenvalue weighted by Crippen LogP contribution is -2.34. The summed E-state index contributed by atoms with van der Waals surface area (Å²) in [7, 11) is 1.77. The Morgan fingerprint density at radius 2 is 1.76 bits per heavy atom. The molecule has 2 aromatic rings. The number of hydrogen-bond donors (Lipinski definition) is 1. The number of halogens is 1. The number of rotatable bonds is 5. The Morgan fingerprint density at radius 3 is 2.44 bits per heavy atom. The normalized spacial score (nSPS) is 15.8. The van der Waals surface area contributed by atoms with Crippen molar-refractivity contribution in [3.8, 4) is 0 Å². The van der Waals surface area contributed by atoms with Gasteiger partial charge in [-0.1, -0.05) is 55.3 Å². The van der Waals surface area contributed by atoms with Gasteiger partial charge in [0, 0.05) is 12.3 Å². The van der Waals surface area contributed by atoms with Gasteiger partial charge in [0.05, 0.1) is 5.69 Å². The van der Waals surface area contributed by atoms with E-state index in [0.717, 1.165) is 5.56 Å². The van der Waals surface area contributed by atoms with Crippen LogP contribution in [0, 0.1) is 5.82 Å². The van der Waals surface area contributed by atoms with Gasteiger partial charge in [-0.25, -0.2) is 9.18 Å². The van der Waals surface area contributed by atoms with E-state index in [9.17, 15) is 9.18 Å². The Kier molecular flexibility index (Phi) is 5.97. The fourth-order valence-corrected chi connectivity index (χ4v) is 4.65. The third-order valence-corrected chi connectivity index (χ3v) is 6.20. The third kappa shape index (κ3) is 4.54. The molecule has 3 nitrogen and oxygen atoms in total. The second-order valence-corrected chi connectivity index (χ2v) is 7.71. The molecule has 1 atom stereocenters. The minimum atomic E-state index is -0.427. The summed E-state index contributed by atoms with van der Waals surface area (Å²) in [6, 6.07) is 16.0. The molecule has 1 fully saturated rings. The standard InChI is InChI=1S/C20H23FN2OS/c1-23(20(24)22-18-14-8-7-13-17(18)21)19(15-9-3-2-4-10-15)25-16-11-5-6-12-16/h2-4,7-10,13-14,16,19H,5-6,11-12H2,1H3,(H,22,24). The number of nitrogens with one attached hydrogen (secondary N) is 1. The van der Waals surface area contributed by atoms with Crippen LogP contribution in [0.25, 0.3) is 0 Å². The molecule has 0 bridgehead atoms. The average molecular weight is 358 g/mol. The first-order valence-corrected chi connectivity index (χ1v) is 9.58. The van der Waals surface area contributed by atoms with E-state index >= 15 is 0 Å². The van der Waals surface area contributed by atoms with Crippen molar-refractivity contribution in [1.82, 2.24) is 4.90 Å². The van der Waals surface area contributed by atoms with Crippen molar-refractivity contribution in [2.24, 2.45) is 0 Å². The van der Waals surface area contributed by atoms with Crippen LogP contribution in [-0.4, -0.2) is 23.2 Å². The molecule has 5 heteroatoms. The van der Waals surface area contributed by atoms with Crippen molar-refractivity contribution in [2.45, 2.75) is 36.3 Å². The lowest BCUT2D eigenvalue weighted by Gasteiger charge is -2.30. The van der Waals surface area contributed by atoms with Crippen molar-refractivity contribution < 1.29 is 9.18 Å². The number of urea groups is 1. The smallest absolute Gasteiger partial charge is 0.311 e. The fraction of sp³-hybridized carbons (Fsp3) is 0.350. The number of carbonyl (C=O) groups is 1. The highest BCUT2D eigenvalue weighted by Crippen LogP contribution is 2.41. The van der Waals surface area contributed by atoms with E-state index in [1.165, 1.54) is 31.7 Å². The van der Waals surface area contributed by atoms with Gasteiger partial charge >= 0.3 is 6.03 Å². The van der Waals surface area contributed by atoms with Gasteiger partial charge in [0.2, 0.25) is 0 Å². The number of hydrogen-bond acceptors (Lipinski definition) is 2. The molecule has 132 valence electrons. The maximum absolute atomic E-state index is 13.8. The van der Waals surface area contributed by atoms with E-state index < -0.39 is 5.82 Å². The molecule has 3 rings (SSSR count). The third-order valence-electron chi connectivity index (χ3n) is 4.50.